The van der Waals surface area contributed by atoms with Crippen molar-refractivity contribution in [1.82, 2.24) is 9.21 Å². The van der Waals surface area contributed by atoms with E-state index in [0.717, 1.165) is 0 Å². The summed E-state index contributed by atoms with van der Waals surface area (Å²) in [4.78, 5) is 27.4. The van der Waals surface area contributed by atoms with Gasteiger partial charge in [-0.05, 0) is 36.2 Å². The van der Waals surface area contributed by atoms with Gasteiger partial charge in [-0.1, -0.05) is 44.2 Å². The monoisotopic (exact) mass is 486 g/mol. The van der Waals surface area contributed by atoms with Gasteiger partial charge < -0.3 is 14.7 Å². The molecule has 3 rings (SSSR count). The number of rotatable bonds is 10. The molecule has 1 heterocycles. The van der Waals surface area contributed by atoms with Crippen LogP contribution in [0.1, 0.15) is 37.4 Å². The molecule has 34 heavy (non-hydrogen) atoms. The zero-order valence-electron chi connectivity index (χ0n) is 19.6. The molecule has 2 aromatic carbocycles. The van der Waals surface area contributed by atoms with Gasteiger partial charge in [0, 0.05) is 38.9 Å². The van der Waals surface area contributed by atoms with E-state index in [1.54, 1.807) is 45.2 Å². The van der Waals surface area contributed by atoms with Gasteiger partial charge in [0.2, 0.25) is 10.0 Å². The fraction of sp³-hybridized carbons (Fsp3) is 0.360. The Balaban J connectivity index is 2.05. The predicted octanol–water partition coefficient (Wildman–Crippen LogP) is 3.18. The smallest absolute Gasteiger partial charge is 0.295 e. The van der Waals surface area contributed by atoms with Gasteiger partial charge in [-0.3, -0.25) is 9.59 Å². The lowest BCUT2D eigenvalue weighted by molar-refractivity contribution is -0.140. The van der Waals surface area contributed by atoms with Crippen molar-refractivity contribution < 1.29 is 27.9 Å². The molecule has 9 heteroatoms. The summed E-state index contributed by atoms with van der Waals surface area (Å²) in [5.41, 5.74) is 0.934. The number of sulfonamides is 1. The van der Waals surface area contributed by atoms with E-state index in [1.807, 2.05) is 6.07 Å². The SMILES string of the molecule is CCN(CC)S(=O)(=O)c1ccc(C(O)=C2C(=O)C(=O)N(CCCOC)C2c2ccccc2)cc1. The summed E-state index contributed by atoms with van der Waals surface area (Å²) in [6.07, 6.45) is 0.533. The van der Waals surface area contributed by atoms with Gasteiger partial charge in [-0.15, -0.1) is 0 Å². The lowest BCUT2D eigenvalue weighted by Gasteiger charge is -2.25. The van der Waals surface area contributed by atoms with Crippen molar-refractivity contribution in [1.29, 1.82) is 0 Å². The minimum absolute atomic E-state index is 0.0204. The predicted molar refractivity (Wildman–Crippen MR) is 128 cm³/mol. The van der Waals surface area contributed by atoms with Crippen LogP contribution >= 0.6 is 0 Å². The van der Waals surface area contributed by atoms with Crippen molar-refractivity contribution in [2.24, 2.45) is 0 Å². The van der Waals surface area contributed by atoms with Crippen molar-refractivity contribution in [2.75, 3.05) is 33.4 Å². The van der Waals surface area contributed by atoms with Crippen molar-refractivity contribution in [3.8, 4) is 0 Å². The Morgan fingerprint density at radius 1 is 1.03 bits per heavy atom. The van der Waals surface area contributed by atoms with Crippen LogP contribution in [0.3, 0.4) is 0 Å². The number of amides is 1. The Hall–Kier alpha value is -3.01. The van der Waals surface area contributed by atoms with E-state index < -0.39 is 27.8 Å². The van der Waals surface area contributed by atoms with Crippen LogP contribution in [0.4, 0.5) is 0 Å². The molecule has 1 fully saturated rings. The Bertz CT molecular complexity index is 1160. The van der Waals surface area contributed by atoms with Crippen LogP contribution in [0.2, 0.25) is 0 Å². The third kappa shape index (κ3) is 4.91. The molecule has 0 saturated carbocycles. The lowest BCUT2D eigenvalue weighted by Crippen LogP contribution is -2.31. The van der Waals surface area contributed by atoms with Crippen LogP contribution in [-0.2, 0) is 24.3 Å². The zero-order valence-corrected chi connectivity index (χ0v) is 20.4. The van der Waals surface area contributed by atoms with Gasteiger partial charge in [0.1, 0.15) is 5.76 Å². The Morgan fingerprint density at radius 3 is 2.21 bits per heavy atom. The number of hydrogen-bond donors (Lipinski definition) is 1. The number of Topliss-reactive ketones (excluding diaryl/α,β-unsaturated/α-hetero) is 1. The highest BCUT2D eigenvalue weighted by atomic mass is 32.2. The van der Waals surface area contributed by atoms with Gasteiger partial charge in [0.15, 0.2) is 0 Å². The standard InChI is InChI=1S/C25H30N2O6S/c1-4-26(5-2)34(31,32)20-14-12-19(13-15-20)23(28)21-22(18-10-7-6-8-11-18)27(16-9-17-33-3)25(30)24(21)29/h6-8,10-15,22,28H,4-5,9,16-17H2,1-3H3. The van der Waals surface area contributed by atoms with Crippen LogP contribution in [0, 0.1) is 0 Å². The van der Waals surface area contributed by atoms with Crippen molar-refractivity contribution in [3.05, 3.63) is 71.3 Å². The van der Waals surface area contributed by atoms with E-state index in [9.17, 15) is 23.1 Å². The van der Waals surface area contributed by atoms with Crippen LogP contribution < -0.4 is 0 Å². The van der Waals surface area contributed by atoms with E-state index in [4.69, 9.17) is 4.74 Å². The average Bonchev–Trinajstić information content (AvgIpc) is 3.10. The second-order valence-corrected chi connectivity index (χ2v) is 9.80. The number of nitrogens with zero attached hydrogens (tertiary/aromatic N) is 2. The lowest BCUT2D eigenvalue weighted by atomic mass is 9.95. The highest BCUT2D eigenvalue weighted by Crippen LogP contribution is 2.39. The summed E-state index contributed by atoms with van der Waals surface area (Å²) in [5, 5.41) is 11.1. The quantitative estimate of drug-likeness (QED) is 0.239. The third-order valence-electron chi connectivity index (χ3n) is 5.87. The molecule has 182 valence electrons. The van der Waals surface area contributed by atoms with Gasteiger partial charge in [-0.2, -0.15) is 4.31 Å². The second-order valence-electron chi connectivity index (χ2n) is 7.86. The van der Waals surface area contributed by atoms with Crippen LogP contribution in [-0.4, -0.2) is 67.8 Å². The summed E-state index contributed by atoms with van der Waals surface area (Å²) in [5.74, 6) is -1.80. The maximum Gasteiger partial charge on any atom is 0.295 e. The van der Waals surface area contributed by atoms with Gasteiger partial charge >= 0.3 is 0 Å². The molecule has 1 aliphatic heterocycles. The Labute approximate surface area is 200 Å². The molecular formula is C25H30N2O6S. The Kier molecular flexibility index (Phi) is 8.24. The Morgan fingerprint density at radius 2 is 1.65 bits per heavy atom. The van der Waals surface area contributed by atoms with Crippen LogP contribution in [0.5, 0.6) is 0 Å². The van der Waals surface area contributed by atoms with Crippen molar-refractivity contribution >= 4 is 27.5 Å². The number of carbonyl (C=O) groups is 2. The number of carbonyl (C=O) groups excluding carboxylic acids is 2. The molecule has 0 spiro atoms. The number of methoxy groups -OCH3 is 1. The molecule has 1 unspecified atom stereocenters. The molecular weight excluding hydrogens is 456 g/mol. The van der Waals surface area contributed by atoms with Gasteiger partial charge in [-0.25, -0.2) is 8.42 Å². The number of ether oxygens (including phenoxy) is 1. The first-order chi connectivity index (χ1) is 16.3. The number of aliphatic hydroxyl groups excluding tert-OH is 1. The van der Waals surface area contributed by atoms with Crippen LogP contribution in [0.15, 0.2) is 65.1 Å². The second kappa shape index (κ2) is 10.9. The first kappa shape index (κ1) is 25.6. The third-order valence-corrected chi connectivity index (χ3v) is 7.94. The first-order valence-electron chi connectivity index (χ1n) is 11.2. The summed E-state index contributed by atoms with van der Waals surface area (Å²) in [7, 11) is -2.10. The number of hydrogen-bond acceptors (Lipinski definition) is 6. The molecule has 1 aliphatic rings. The number of ketones is 1. The normalized spacial score (nSPS) is 18.1. The van der Waals surface area contributed by atoms with Gasteiger partial charge in [0.05, 0.1) is 16.5 Å². The first-order valence-corrected chi connectivity index (χ1v) is 12.6. The average molecular weight is 487 g/mol. The maximum atomic E-state index is 13.0. The van der Waals surface area contributed by atoms with Crippen LogP contribution in [0.25, 0.3) is 5.76 Å². The van der Waals surface area contributed by atoms with Crippen molar-refractivity contribution in [2.45, 2.75) is 31.2 Å². The van der Waals surface area contributed by atoms with E-state index in [1.165, 1.54) is 33.5 Å². The van der Waals surface area contributed by atoms with Crippen molar-refractivity contribution in [3.63, 3.8) is 0 Å². The number of likely N-dealkylation sites (tertiary alicyclic amines) is 1. The molecule has 1 N–H and O–H groups in total. The molecule has 2 aromatic rings. The van der Waals surface area contributed by atoms with E-state index >= 15 is 0 Å². The van der Waals surface area contributed by atoms with E-state index in [-0.39, 0.29) is 28.3 Å². The molecule has 0 bridgehead atoms. The minimum Gasteiger partial charge on any atom is -0.507 e. The molecule has 1 saturated heterocycles. The molecule has 0 radical (unpaired) electrons. The summed E-state index contributed by atoms with van der Waals surface area (Å²) in [6.45, 7) is 4.91. The molecule has 1 amide bonds. The molecule has 0 aromatic heterocycles. The van der Waals surface area contributed by atoms with Gasteiger partial charge in [0.25, 0.3) is 11.7 Å². The largest absolute Gasteiger partial charge is 0.507 e. The summed E-state index contributed by atoms with van der Waals surface area (Å²) >= 11 is 0. The minimum atomic E-state index is -3.66. The molecule has 0 aliphatic carbocycles. The number of aliphatic hydroxyl groups is 1. The molecule has 8 nitrogen and oxygen atoms in total. The zero-order chi connectivity index (χ0) is 24.9. The highest BCUT2D eigenvalue weighted by molar-refractivity contribution is 7.89. The maximum absolute atomic E-state index is 13.0. The fourth-order valence-corrected chi connectivity index (χ4v) is 5.58. The number of benzene rings is 2. The summed E-state index contributed by atoms with van der Waals surface area (Å²) in [6, 6.07) is 14.0. The van der Waals surface area contributed by atoms with E-state index in [2.05, 4.69) is 0 Å². The fourth-order valence-electron chi connectivity index (χ4n) is 4.12. The molecule has 1 atom stereocenters. The van der Waals surface area contributed by atoms with E-state index in [0.29, 0.717) is 31.7 Å². The topological polar surface area (TPSA) is 104 Å². The summed E-state index contributed by atoms with van der Waals surface area (Å²) < 4.78 is 32.0. The highest BCUT2D eigenvalue weighted by Gasteiger charge is 2.45.